The lowest BCUT2D eigenvalue weighted by Crippen LogP contribution is -2.36. The fourth-order valence-corrected chi connectivity index (χ4v) is 6.28. The van der Waals surface area contributed by atoms with Crippen LogP contribution < -0.4 is 4.90 Å². The van der Waals surface area contributed by atoms with Crippen LogP contribution in [0.3, 0.4) is 0 Å². The Morgan fingerprint density at radius 2 is 1.74 bits per heavy atom. The molecule has 0 saturated heterocycles. The number of amides is 1. The molecule has 1 aromatic heterocycles. The maximum atomic E-state index is 13.4. The first-order chi connectivity index (χ1) is 16.2. The lowest BCUT2D eigenvalue weighted by molar-refractivity contribution is -0.870. The van der Waals surface area contributed by atoms with Gasteiger partial charge in [-0.1, -0.05) is 41.4 Å². The molecule has 35 heavy (non-hydrogen) atoms. The van der Waals surface area contributed by atoms with Gasteiger partial charge >= 0.3 is 0 Å². The first-order valence-corrected chi connectivity index (χ1v) is 14.7. The van der Waals surface area contributed by atoms with Crippen molar-refractivity contribution in [3.05, 3.63) is 75.2 Å². The molecule has 0 aliphatic heterocycles. The average molecular weight is 579 g/mol. The van der Waals surface area contributed by atoms with Gasteiger partial charge in [0, 0.05) is 32.6 Å². The van der Waals surface area contributed by atoms with Crippen molar-refractivity contribution < 1.29 is 23.8 Å². The number of likely N-dealkylation sites (N-methyl/N-ethyl adjacent to an activating group) is 1. The lowest BCUT2D eigenvalue weighted by Gasteiger charge is -2.26. The van der Waals surface area contributed by atoms with Crippen LogP contribution in [0.15, 0.2) is 54.6 Å². The van der Waals surface area contributed by atoms with Crippen LogP contribution >= 0.6 is 53.5 Å². The summed E-state index contributed by atoms with van der Waals surface area (Å²) in [5.41, 5.74) is -0.496. The quantitative estimate of drug-likeness (QED) is 0.243. The van der Waals surface area contributed by atoms with Crippen LogP contribution in [-0.2, 0) is 9.36 Å². The number of carbonyl (C=O) groups is 1. The van der Waals surface area contributed by atoms with Crippen LogP contribution in [0, 0.1) is 0 Å². The van der Waals surface area contributed by atoms with Crippen molar-refractivity contribution in [2.75, 3.05) is 45.9 Å². The Hall–Kier alpha value is -1.41. The Balaban J connectivity index is 0.000000540. The van der Waals surface area contributed by atoms with Gasteiger partial charge < -0.3 is 14.5 Å². The van der Waals surface area contributed by atoms with E-state index in [4.69, 9.17) is 39.9 Å². The molecule has 190 valence electrons. The molecular formula is C24H29Cl3N2O4PS+. The molecule has 3 rings (SSSR count). The van der Waals surface area contributed by atoms with Crippen LogP contribution in [0.5, 0.6) is 0 Å². The highest BCUT2D eigenvalue weighted by Gasteiger charge is 2.39. The van der Waals surface area contributed by atoms with Gasteiger partial charge in [0.05, 0.1) is 33.4 Å². The van der Waals surface area contributed by atoms with E-state index >= 15 is 0 Å². The maximum Gasteiger partial charge on any atom is 0.248 e. The molecule has 0 fully saturated rings. The third-order valence-corrected chi connectivity index (χ3v) is 8.00. The number of quaternary nitrogens is 1. The van der Waals surface area contributed by atoms with Crippen molar-refractivity contribution in [3.63, 3.8) is 0 Å². The molecule has 2 aromatic carbocycles. The molecule has 3 aromatic rings. The zero-order valence-corrected chi connectivity index (χ0v) is 23.9. The van der Waals surface area contributed by atoms with Gasteiger partial charge in [0.2, 0.25) is 13.3 Å². The highest BCUT2D eigenvalue weighted by atomic mass is 35.5. The molecule has 0 saturated carbocycles. The molecule has 0 aliphatic rings. The van der Waals surface area contributed by atoms with Gasteiger partial charge in [0.1, 0.15) is 12.2 Å². The Morgan fingerprint density at radius 3 is 2.20 bits per heavy atom. The molecule has 0 bridgehead atoms. The highest BCUT2D eigenvalue weighted by molar-refractivity contribution is 7.58. The minimum atomic E-state index is -3.89. The van der Waals surface area contributed by atoms with E-state index in [-0.39, 0.29) is 6.61 Å². The number of thiophene rings is 1. The van der Waals surface area contributed by atoms with Crippen LogP contribution in [0.1, 0.15) is 11.2 Å². The van der Waals surface area contributed by atoms with E-state index in [2.05, 4.69) is 27.7 Å². The molecule has 2 unspecified atom stereocenters. The monoisotopic (exact) mass is 577 g/mol. The van der Waals surface area contributed by atoms with Gasteiger partial charge in [0.15, 0.2) is 0 Å². The highest BCUT2D eigenvalue weighted by Crippen LogP contribution is 2.56. The van der Waals surface area contributed by atoms with Crippen molar-refractivity contribution in [1.82, 2.24) is 0 Å². The van der Waals surface area contributed by atoms with Crippen LogP contribution in [0.2, 0.25) is 15.1 Å². The summed E-state index contributed by atoms with van der Waals surface area (Å²) < 4.78 is 14.5. The number of carbonyl (C=O) groups excluding carboxylic acids is 1. The molecule has 11 heteroatoms. The number of fused-ring (bicyclic) bond motifs is 1. The van der Waals surface area contributed by atoms with Crippen molar-refractivity contribution in [3.8, 4) is 0 Å². The predicted molar refractivity (Wildman–Crippen MR) is 149 cm³/mol. The van der Waals surface area contributed by atoms with E-state index in [1.165, 1.54) is 40.6 Å². The minimum absolute atomic E-state index is 0.281. The lowest BCUT2D eigenvalue weighted by atomic mass is 10.1. The summed E-state index contributed by atoms with van der Waals surface area (Å²) >= 11 is 19.6. The number of halogens is 3. The molecule has 2 atom stereocenters. The Bertz CT molecular complexity index is 1230. The number of nitrogens with zero attached hydrogens (tertiary/aromatic N) is 2. The SMILES string of the molecule is C=CN(C(=O)C(c1csc2ccc(Cl)cc12)P(C)(=O)O)c1cc(Cl)cc(Cl)c1.C[N+](C)(C)CCO. The maximum absolute atomic E-state index is 13.4. The molecule has 1 heterocycles. The fourth-order valence-electron chi connectivity index (χ4n) is 3.26. The predicted octanol–water partition coefficient (Wildman–Crippen LogP) is 6.66. The largest absolute Gasteiger partial charge is 0.391 e. The molecular weight excluding hydrogens is 550 g/mol. The smallest absolute Gasteiger partial charge is 0.248 e. The third kappa shape index (κ3) is 8.31. The minimum Gasteiger partial charge on any atom is -0.391 e. The number of hydrogen-bond acceptors (Lipinski definition) is 4. The molecule has 0 radical (unpaired) electrons. The Labute approximate surface area is 225 Å². The second-order valence-electron chi connectivity index (χ2n) is 8.93. The summed E-state index contributed by atoms with van der Waals surface area (Å²) in [5, 5.41) is 11.9. The standard InChI is InChI=1S/C19H15Cl3NO3PS.C5H14NO/c1-3-23(14-7-12(21)6-13(22)8-14)19(24)18(27(2,25)26)16-10-28-17-5-4-11(20)9-15(16)17;1-6(2,3)4-5-7/h3-10,18H,1H2,2H3,(H,25,26);7H,4-5H2,1-3H3/q;+1. The van der Waals surface area contributed by atoms with E-state index in [1.807, 2.05) is 6.07 Å². The van der Waals surface area contributed by atoms with Crippen LogP contribution in [-0.4, -0.2) is 61.3 Å². The average Bonchev–Trinajstić information content (AvgIpc) is 3.09. The Kier molecular flexibility index (Phi) is 10.4. The van der Waals surface area contributed by atoms with E-state index in [0.29, 0.717) is 31.7 Å². The second-order valence-corrected chi connectivity index (χ2v) is 13.6. The van der Waals surface area contributed by atoms with Gasteiger partial charge in [-0.15, -0.1) is 11.3 Å². The number of hydrogen-bond donors (Lipinski definition) is 2. The molecule has 1 amide bonds. The first kappa shape index (κ1) is 29.8. The molecule has 0 aliphatic carbocycles. The summed E-state index contributed by atoms with van der Waals surface area (Å²) in [6.07, 6.45) is 1.27. The summed E-state index contributed by atoms with van der Waals surface area (Å²) in [4.78, 5) is 25.0. The topological polar surface area (TPSA) is 77.8 Å². The molecule has 6 nitrogen and oxygen atoms in total. The zero-order chi connectivity index (χ0) is 26.6. The van der Waals surface area contributed by atoms with Gasteiger partial charge in [-0.05, 0) is 52.7 Å². The van der Waals surface area contributed by atoms with Crippen molar-refractivity contribution in [1.29, 1.82) is 0 Å². The number of aliphatic hydroxyl groups is 1. The second kappa shape index (κ2) is 12.2. The number of benzene rings is 2. The van der Waals surface area contributed by atoms with Gasteiger partial charge in [-0.25, -0.2) is 0 Å². The van der Waals surface area contributed by atoms with E-state index in [0.717, 1.165) is 22.4 Å². The van der Waals surface area contributed by atoms with Crippen molar-refractivity contribution >= 4 is 75.2 Å². The summed E-state index contributed by atoms with van der Waals surface area (Å²) in [6, 6.07) is 9.83. The molecule has 2 N–H and O–H groups in total. The van der Waals surface area contributed by atoms with E-state index < -0.39 is 18.9 Å². The Morgan fingerprint density at radius 1 is 1.14 bits per heavy atom. The summed E-state index contributed by atoms with van der Waals surface area (Å²) in [7, 11) is 2.26. The van der Waals surface area contributed by atoms with Gasteiger partial charge in [-0.3, -0.25) is 14.3 Å². The van der Waals surface area contributed by atoms with Crippen molar-refractivity contribution in [2.45, 2.75) is 5.66 Å². The van der Waals surface area contributed by atoms with Gasteiger partial charge in [0.25, 0.3) is 0 Å². The van der Waals surface area contributed by atoms with Crippen molar-refractivity contribution in [2.24, 2.45) is 0 Å². The molecule has 0 spiro atoms. The normalized spacial score (nSPS) is 14.0. The first-order valence-electron chi connectivity index (χ1n) is 10.5. The van der Waals surface area contributed by atoms with Gasteiger partial charge in [-0.2, -0.15) is 0 Å². The number of aliphatic hydroxyl groups excluding tert-OH is 1. The summed E-state index contributed by atoms with van der Waals surface area (Å²) in [5.74, 6) is -0.610. The van der Waals surface area contributed by atoms with Crippen LogP contribution in [0.4, 0.5) is 5.69 Å². The number of anilines is 1. The van der Waals surface area contributed by atoms with E-state index in [9.17, 15) is 14.3 Å². The van der Waals surface area contributed by atoms with Crippen LogP contribution in [0.25, 0.3) is 10.1 Å². The third-order valence-electron chi connectivity index (χ3n) is 4.89. The number of rotatable bonds is 7. The van der Waals surface area contributed by atoms with E-state index in [1.54, 1.807) is 17.5 Å². The summed E-state index contributed by atoms with van der Waals surface area (Å²) in [6.45, 7) is 5.95. The fraction of sp³-hybridized carbons (Fsp3) is 0.292. The zero-order valence-electron chi connectivity index (χ0n) is 19.9.